The number of carbonyl (C=O) groups excluding carboxylic acids is 6. The van der Waals surface area contributed by atoms with E-state index in [1.807, 2.05) is 0 Å². The van der Waals surface area contributed by atoms with Gasteiger partial charge in [0.25, 0.3) is 28.9 Å². The number of hydrogen-bond acceptors (Lipinski definition) is 26. The lowest BCUT2D eigenvalue weighted by Gasteiger charge is -2.48. The minimum absolute atomic E-state index is 0.00187. The lowest BCUT2D eigenvalue weighted by atomic mass is 9.88. The number of hydrogen-bond donors (Lipinski definition) is 17. The summed E-state index contributed by atoms with van der Waals surface area (Å²) >= 11 is 0. The fourth-order valence-electron chi connectivity index (χ4n) is 9.04. The Kier molecular flexibility index (Phi) is 24.8. The topological polar surface area (TPSA) is 524 Å². The van der Waals surface area contributed by atoms with Crippen molar-refractivity contribution in [3.8, 4) is 0 Å². The van der Waals surface area contributed by atoms with Crippen molar-refractivity contribution in [2.24, 2.45) is 5.73 Å². The Labute approximate surface area is 473 Å². The number of carboxylic acid groups (broad SMARTS) is 1. The number of methoxy groups -OCH3 is 1. The summed E-state index contributed by atoms with van der Waals surface area (Å²) in [4.78, 5) is 117. The van der Waals surface area contributed by atoms with Crippen LogP contribution in [0.2, 0.25) is 0 Å². The van der Waals surface area contributed by atoms with Crippen molar-refractivity contribution in [1.29, 1.82) is 0 Å². The SMILES string of the molecule is CCOC(CO)C(O)C1OC(OCOC(CO)C(O)C2OC(OC)(C(=O)NCCNC(=O)CCC(NC(=O)c3ccc(NCc4cnc5nc(N)[nH]c(=O)c5n4)cc3)C(=O)NCCN)CC(O)C2NC(C)=O)(C(=O)O)CC(O)C1NC(C)=O. The Balaban J connectivity index is 1.17. The Hall–Kier alpha value is -7.19. The number of ether oxygens (including phenoxy) is 6. The van der Waals surface area contributed by atoms with Crippen LogP contribution >= 0.6 is 0 Å². The number of carbonyl (C=O) groups is 7. The number of fused-ring (bicyclic) bond motifs is 1. The van der Waals surface area contributed by atoms with Crippen molar-refractivity contribution in [3.05, 3.63) is 52.1 Å². The van der Waals surface area contributed by atoms with Gasteiger partial charge < -0.3 is 113 Å². The number of aliphatic carboxylic acids is 1. The first-order chi connectivity index (χ1) is 39.4. The Bertz CT molecular complexity index is 2770. The zero-order valence-corrected chi connectivity index (χ0v) is 45.8. The summed E-state index contributed by atoms with van der Waals surface area (Å²) in [7, 11) is 1.03. The molecule has 6 amide bonds. The molecule has 0 bridgehead atoms. The van der Waals surface area contributed by atoms with Gasteiger partial charge in [-0.1, -0.05) is 0 Å². The normalized spacial score (nSPS) is 24.2. The van der Waals surface area contributed by atoms with E-state index < -0.39 is 158 Å². The molecule has 2 fully saturated rings. The van der Waals surface area contributed by atoms with Crippen molar-refractivity contribution >= 4 is 64.2 Å². The van der Waals surface area contributed by atoms with Crippen LogP contribution < -0.4 is 54.2 Å². The molecule has 83 heavy (non-hydrogen) atoms. The highest BCUT2D eigenvalue weighted by Crippen LogP contribution is 2.36. The molecule has 1 aromatic carbocycles. The molecule has 13 atom stereocenters. The van der Waals surface area contributed by atoms with Crippen molar-refractivity contribution in [2.75, 3.05) is 71.0 Å². The number of amides is 6. The second-order valence-electron chi connectivity index (χ2n) is 19.1. The van der Waals surface area contributed by atoms with Gasteiger partial charge in [0.1, 0.15) is 42.7 Å². The van der Waals surface area contributed by atoms with Gasteiger partial charge in [0.05, 0.1) is 55.9 Å². The minimum Gasteiger partial charge on any atom is -0.477 e. The molecule has 2 aliphatic heterocycles. The summed E-state index contributed by atoms with van der Waals surface area (Å²) in [5.74, 6) is -11.6. The highest BCUT2D eigenvalue weighted by Gasteiger charge is 2.57. The van der Waals surface area contributed by atoms with Crippen LogP contribution in [0.3, 0.4) is 0 Å². The van der Waals surface area contributed by atoms with Gasteiger partial charge in [-0.3, -0.25) is 38.5 Å². The van der Waals surface area contributed by atoms with Crippen LogP contribution in [0.5, 0.6) is 0 Å². The van der Waals surface area contributed by atoms with E-state index in [1.54, 1.807) is 19.1 Å². The molecule has 460 valence electrons. The fourth-order valence-corrected chi connectivity index (χ4v) is 9.04. The van der Waals surface area contributed by atoms with Crippen molar-refractivity contribution in [1.82, 2.24) is 51.8 Å². The first kappa shape index (κ1) is 66.6. The van der Waals surface area contributed by atoms with Gasteiger partial charge in [-0.25, -0.2) is 14.8 Å². The quantitative estimate of drug-likeness (QED) is 0.0210. The molecule has 0 aliphatic carbocycles. The molecular formula is C49H73N13O21. The van der Waals surface area contributed by atoms with Crippen LogP contribution in [-0.2, 0) is 63.7 Å². The van der Waals surface area contributed by atoms with E-state index in [1.165, 1.54) is 18.3 Å². The van der Waals surface area contributed by atoms with Crippen molar-refractivity contribution in [2.45, 2.75) is 132 Å². The van der Waals surface area contributed by atoms with E-state index in [0.717, 1.165) is 21.0 Å². The number of H-pyrrole nitrogens is 1. The standard InChI is InChI=1S/C49H73N13O21/c1-5-79-31(20-63)37(70)40-35(58-24(3)66)30(68)17-49(83-40,46(76)77)81-22-80-32(21-64)38(71)39-34(57-23(2)65)29(67)16-48(78-4,82-39)45(75)54-15-14-52-33(69)11-10-28(43(73)53-13-12-50)60-42(72)25-6-8-26(9-7-25)55-18-27-19-56-41-36(59-27)44(74)62-47(51)61-41/h6-9,19,28-32,34-35,37-40,55,63-64,67-68,70-71H,5,10-18,20-22,50H2,1-4H3,(H,52,69)(H,53,73)(H,54,75)(H,57,65)(H,58,66)(H,60,72)(H,76,77)(H3,51,56,61,62,74). The molecule has 0 saturated carbocycles. The smallest absolute Gasteiger partial charge is 0.364 e. The molecule has 34 heteroatoms. The second kappa shape index (κ2) is 30.9. The van der Waals surface area contributed by atoms with Gasteiger partial charge in [0.15, 0.2) is 18.0 Å². The maximum absolute atomic E-state index is 13.8. The van der Waals surface area contributed by atoms with Gasteiger partial charge in [0, 0.05) is 84.3 Å². The Morgan fingerprint density at radius 1 is 0.843 bits per heavy atom. The number of nitrogen functional groups attached to an aromatic ring is 1. The number of aromatic nitrogens is 4. The predicted molar refractivity (Wildman–Crippen MR) is 283 cm³/mol. The first-order valence-electron chi connectivity index (χ1n) is 26.1. The molecule has 2 aliphatic rings. The van der Waals surface area contributed by atoms with E-state index in [2.05, 4.69) is 57.2 Å². The lowest BCUT2D eigenvalue weighted by Crippen LogP contribution is -2.69. The van der Waals surface area contributed by atoms with Gasteiger partial charge in [-0.2, -0.15) is 4.98 Å². The number of aromatic amines is 1. The highest BCUT2D eigenvalue weighted by molar-refractivity contribution is 5.98. The lowest BCUT2D eigenvalue weighted by molar-refractivity contribution is -0.337. The number of rotatable bonds is 31. The van der Waals surface area contributed by atoms with E-state index in [9.17, 15) is 74.1 Å². The number of aliphatic hydroxyl groups excluding tert-OH is 6. The third-order valence-electron chi connectivity index (χ3n) is 13.2. The molecule has 34 nitrogen and oxygen atoms in total. The van der Waals surface area contributed by atoms with Gasteiger partial charge in [0.2, 0.25) is 29.6 Å². The third kappa shape index (κ3) is 17.7. The van der Waals surface area contributed by atoms with Crippen LogP contribution in [0.4, 0.5) is 11.6 Å². The van der Waals surface area contributed by atoms with Gasteiger partial charge >= 0.3 is 5.97 Å². The third-order valence-corrected chi connectivity index (χ3v) is 13.2. The highest BCUT2D eigenvalue weighted by atomic mass is 16.8. The van der Waals surface area contributed by atoms with Crippen LogP contribution in [0, 0.1) is 0 Å². The molecular weight excluding hydrogens is 1110 g/mol. The molecule has 0 radical (unpaired) electrons. The van der Waals surface area contributed by atoms with Crippen LogP contribution in [0.25, 0.3) is 11.2 Å². The summed E-state index contributed by atoms with van der Waals surface area (Å²) in [6.45, 7) is 0.463. The maximum atomic E-state index is 13.8. The zero-order chi connectivity index (χ0) is 61.2. The van der Waals surface area contributed by atoms with Gasteiger partial charge in [-0.15, -0.1) is 0 Å². The van der Waals surface area contributed by atoms with E-state index in [4.69, 9.17) is 39.9 Å². The summed E-state index contributed by atoms with van der Waals surface area (Å²) in [6, 6.07) is 2.01. The van der Waals surface area contributed by atoms with Crippen molar-refractivity contribution < 1.29 is 97.7 Å². The van der Waals surface area contributed by atoms with Crippen LogP contribution in [0.15, 0.2) is 35.3 Å². The molecule has 0 spiro atoms. The molecule has 2 saturated heterocycles. The summed E-state index contributed by atoms with van der Waals surface area (Å²) in [6.07, 6.45) is -14.9. The number of nitrogens with one attached hydrogen (secondary N) is 8. The van der Waals surface area contributed by atoms with Crippen molar-refractivity contribution in [3.63, 3.8) is 0 Å². The molecule has 2 aromatic heterocycles. The summed E-state index contributed by atoms with van der Waals surface area (Å²) in [5.41, 5.74) is 11.8. The average Bonchev–Trinajstić information content (AvgIpc) is 3.34. The number of carboxylic acids is 1. The minimum atomic E-state index is -2.84. The zero-order valence-electron chi connectivity index (χ0n) is 45.8. The Morgan fingerprint density at radius 3 is 2.00 bits per heavy atom. The number of anilines is 2. The number of nitrogens with zero attached hydrogens (tertiary/aromatic N) is 3. The molecule has 13 unspecified atom stereocenters. The molecule has 19 N–H and O–H groups in total. The van der Waals surface area contributed by atoms with E-state index in [-0.39, 0.29) is 74.8 Å². The number of aliphatic hydroxyl groups is 6. The average molecular weight is 1180 g/mol. The molecule has 3 aromatic rings. The maximum Gasteiger partial charge on any atom is 0.364 e. The summed E-state index contributed by atoms with van der Waals surface area (Å²) in [5, 5.41) is 94.1. The van der Waals surface area contributed by atoms with Crippen LogP contribution in [0.1, 0.15) is 62.5 Å². The first-order valence-corrected chi connectivity index (χ1v) is 26.1. The van der Waals surface area contributed by atoms with E-state index in [0.29, 0.717) is 11.4 Å². The molecule has 5 rings (SSSR count). The second-order valence-corrected chi connectivity index (χ2v) is 19.1. The van der Waals surface area contributed by atoms with Gasteiger partial charge in [-0.05, 0) is 37.6 Å². The predicted octanol–water partition coefficient (Wildman–Crippen LogP) is -7.00. The fraction of sp³-hybridized carbons (Fsp3) is 0.612. The molecule has 4 heterocycles. The largest absolute Gasteiger partial charge is 0.477 e. The summed E-state index contributed by atoms with van der Waals surface area (Å²) < 4.78 is 33.6. The van der Waals surface area contributed by atoms with Crippen LogP contribution in [-0.4, -0.2) is 236 Å². The number of benzene rings is 1. The Morgan fingerprint density at radius 2 is 1.43 bits per heavy atom. The number of nitrogens with two attached hydrogens (primary N) is 2. The van der Waals surface area contributed by atoms with E-state index >= 15 is 0 Å². The monoisotopic (exact) mass is 1180 g/mol.